The maximum atomic E-state index is 12.7. The van der Waals surface area contributed by atoms with E-state index in [9.17, 15) is 23.3 Å². The molecule has 0 spiro atoms. The minimum Gasteiger partial charge on any atom is -0.495 e. The first-order valence-electron chi connectivity index (χ1n) is 9.72. The lowest BCUT2D eigenvalue weighted by atomic mass is 10.1. The van der Waals surface area contributed by atoms with Crippen molar-refractivity contribution in [1.29, 1.82) is 0 Å². The van der Waals surface area contributed by atoms with Crippen LogP contribution in [-0.2, 0) is 10.0 Å². The number of benzene rings is 3. The van der Waals surface area contributed by atoms with Crippen molar-refractivity contribution in [3.8, 4) is 5.75 Å². The Kier molecular flexibility index (Phi) is 6.14. The van der Waals surface area contributed by atoms with Crippen molar-refractivity contribution >= 4 is 55.5 Å². The molecular weight excluding hydrogens is 484 g/mol. The largest absolute Gasteiger partial charge is 0.495 e. The molecule has 0 aliphatic carbocycles. The first-order chi connectivity index (χ1) is 16.2. The van der Waals surface area contributed by atoms with Gasteiger partial charge in [-0.05, 0) is 36.4 Å². The summed E-state index contributed by atoms with van der Waals surface area (Å²) in [7, 11) is -2.67. The number of nitrogens with zero attached hydrogens (tertiary/aromatic N) is 1. The van der Waals surface area contributed by atoms with Crippen LogP contribution in [0.25, 0.3) is 10.9 Å². The predicted molar refractivity (Wildman–Crippen MR) is 127 cm³/mol. The van der Waals surface area contributed by atoms with E-state index in [4.69, 9.17) is 16.3 Å². The second kappa shape index (κ2) is 9.04. The number of H-pyrrole nitrogens is 1. The summed E-state index contributed by atoms with van der Waals surface area (Å²) in [6, 6.07) is 16.4. The van der Waals surface area contributed by atoms with Crippen molar-refractivity contribution in [2.75, 3.05) is 12.4 Å². The summed E-state index contributed by atoms with van der Waals surface area (Å²) < 4.78 is 32.2. The molecule has 0 unspecified atom stereocenters. The number of nitro groups is 1. The SMILES string of the molecule is COc1cc(Nc2ccc([N+](=O)[O-])c3[nH]c(C(=O)NS(=O)(=O)c4ccccc4)cc23)ccc1Cl. The quantitative estimate of drug-likeness (QED) is 0.248. The number of nitrogens with one attached hydrogen (secondary N) is 3. The van der Waals surface area contributed by atoms with Crippen molar-refractivity contribution in [2.24, 2.45) is 0 Å². The third-order valence-corrected chi connectivity index (χ3v) is 6.58. The van der Waals surface area contributed by atoms with Gasteiger partial charge in [-0.25, -0.2) is 13.1 Å². The molecule has 0 saturated carbocycles. The average Bonchev–Trinajstić information content (AvgIpc) is 3.27. The highest BCUT2D eigenvalue weighted by molar-refractivity contribution is 7.90. The Bertz CT molecular complexity index is 1520. The fourth-order valence-electron chi connectivity index (χ4n) is 3.32. The van der Waals surface area contributed by atoms with Crippen molar-refractivity contribution in [3.05, 3.63) is 87.6 Å². The molecule has 0 fully saturated rings. The summed E-state index contributed by atoms with van der Waals surface area (Å²) in [4.78, 5) is 26.2. The first-order valence-corrected chi connectivity index (χ1v) is 11.6. The minimum absolute atomic E-state index is 0.0539. The fourth-order valence-corrected chi connectivity index (χ4v) is 4.50. The van der Waals surface area contributed by atoms with Crippen LogP contribution in [0.3, 0.4) is 0 Å². The van der Waals surface area contributed by atoms with Crippen LogP contribution in [0.5, 0.6) is 5.75 Å². The van der Waals surface area contributed by atoms with E-state index in [1.54, 1.807) is 24.3 Å². The molecule has 3 N–H and O–H groups in total. The third-order valence-electron chi connectivity index (χ3n) is 4.92. The van der Waals surface area contributed by atoms with Gasteiger partial charge >= 0.3 is 0 Å². The van der Waals surface area contributed by atoms with Gasteiger partial charge in [-0.2, -0.15) is 0 Å². The lowest BCUT2D eigenvalue weighted by molar-refractivity contribution is -0.383. The second-order valence-corrected chi connectivity index (χ2v) is 9.17. The van der Waals surface area contributed by atoms with Gasteiger partial charge in [0.1, 0.15) is 17.0 Å². The van der Waals surface area contributed by atoms with E-state index in [1.807, 2.05) is 4.72 Å². The molecule has 4 rings (SSSR count). The molecule has 0 atom stereocenters. The van der Waals surface area contributed by atoms with Crippen LogP contribution < -0.4 is 14.8 Å². The predicted octanol–water partition coefficient (Wildman–Crippen LogP) is 4.60. The molecule has 3 aromatic carbocycles. The van der Waals surface area contributed by atoms with Crippen molar-refractivity contribution < 1.29 is 22.9 Å². The summed E-state index contributed by atoms with van der Waals surface area (Å²) in [5.41, 5.74) is 0.624. The molecule has 174 valence electrons. The molecule has 0 saturated heterocycles. The third kappa shape index (κ3) is 4.51. The number of ether oxygens (including phenoxy) is 1. The van der Waals surface area contributed by atoms with E-state index in [0.717, 1.165) is 0 Å². The van der Waals surface area contributed by atoms with Crippen LogP contribution in [0.4, 0.5) is 17.1 Å². The van der Waals surface area contributed by atoms with Gasteiger partial charge < -0.3 is 15.0 Å². The molecule has 1 aromatic heterocycles. The highest BCUT2D eigenvalue weighted by Crippen LogP contribution is 2.35. The smallest absolute Gasteiger partial charge is 0.293 e. The number of methoxy groups -OCH3 is 1. The van der Waals surface area contributed by atoms with Gasteiger partial charge in [-0.3, -0.25) is 14.9 Å². The number of aromatic amines is 1. The molecule has 1 heterocycles. The molecular formula is C22H17ClN4O6S. The Morgan fingerprint density at radius 1 is 1.09 bits per heavy atom. The molecule has 0 aliphatic heterocycles. The van der Waals surface area contributed by atoms with E-state index < -0.39 is 20.9 Å². The molecule has 4 aromatic rings. The number of rotatable bonds is 7. The summed E-state index contributed by atoms with van der Waals surface area (Å²) in [6.07, 6.45) is 0. The molecule has 0 bridgehead atoms. The van der Waals surface area contributed by atoms with E-state index in [1.165, 1.54) is 49.6 Å². The van der Waals surface area contributed by atoms with Gasteiger partial charge in [0, 0.05) is 28.9 Å². The van der Waals surface area contributed by atoms with E-state index in [2.05, 4.69) is 10.3 Å². The number of fused-ring (bicyclic) bond motifs is 1. The van der Waals surface area contributed by atoms with Crippen LogP contribution in [0.1, 0.15) is 10.5 Å². The summed E-state index contributed by atoms with van der Waals surface area (Å²) >= 11 is 6.06. The number of sulfonamides is 1. The van der Waals surface area contributed by atoms with E-state index in [0.29, 0.717) is 27.5 Å². The Labute approximate surface area is 198 Å². The highest BCUT2D eigenvalue weighted by atomic mass is 35.5. The van der Waals surface area contributed by atoms with Gasteiger partial charge in [-0.1, -0.05) is 29.8 Å². The Morgan fingerprint density at radius 3 is 2.50 bits per heavy atom. The molecule has 1 amide bonds. The van der Waals surface area contributed by atoms with Crippen molar-refractivity contribution in [2.45, 2.75) is 4.90 Å². The number of aromatic nitrogens is 1. The number of hydrogen-bond donors (Lipinski definition) is 3. The summed E-state index contributed by atoms with van der Waals surface area (Å²) in [5.74, 6) is -0.543. The van der Waals surface area contributed by atoms with Crippen LogP contribution >= 0.6 is 11.6 Å². The van der Waals surface area contributed by atoms with Crippen LogP contribution in [0.15, 0.2) is 71.6 Å². The van der Waals surface area contributed by atoms with Gasteiger partial charge in [-0.15, -0.1) is 0 Å². The van der Waals surface area contributed by atoms with Crippen LogP contribution in [-0.4, -0.2) is 31.3 Å². The van der Waals surface area contributed by atoms with Gasteiger partial charge in [0.2, 0.25) is 0 Å². The number of amides is 1. The lowest BCUT2D eigenvalue weighted by Crippen LogP contribution is -2.30. The highest BCUT2D eigenvalue weighted by Gasteiger charge is 2.23. The Hall–Kier alpha value is -4.09. The number of halogens is 1. The van der Waals surface area contributed by atoms with E-state index >= 15 is 0 Å². The maximum absolute atomic E-state index is 12.7. The zero-order valence-corrected chi connectivity index (χ0v) is 19.1. The number of carbonyl (C=O) groups is 1. The first kappa shape index (κ1) is 23.1. The molecule has 0 radical (unpaired) electrons. The standard InChI is InChI=1S/C22H17ClN4O6S/c1-33-20-11-13(7-8-16(20)23)24-17-9-10-19(27(29)30)21-15(17)12-18(25-21)22(28)26-34(31,32)14-5-3-2-4-6-14/h2-12,24-25H,1H3,(H,26,28). The average molecular weight is 501 g/mol. The Morgan fingerprint density at radius 2 is 1.82 bits per heavy atom. The van der Waals surface area contributed by atoms with Crippen LogP contribution in [0, 0.1) is 10.1 Å². The monoisotopic (exact) mass is 500 g/mol. The Balaban J connectivity index is 1.73. The number of carbonyl (C=O) groups excluding carboxylic acids is 1. The fraction of sp³-hybridized carbons (Fsp3) is 0.0455. The molecule has 34 heavy (non-hydrogen) atoms. The number of anilines is 2. The topological polar surface area (TPSA) is 143 Å². The van der Waals surface area contributed by atoms with Gasteiger partial charge in [0.15, 0.2) is 0 Å². The minimum atomic E-state index is -4.14. The second-order valence-electron chi connectivity index (χ2n) is 7.08. The van der Waals surface area contributed by atoms with Crippen LogP contribution in [0.2, 0.25) is 5.02 Å². The van der Waals surface area contributed by atoms with E-state index in [-0.39, 0.29) is 21.8 Å². The number of non-ortho nitro benzene ring substituents is 1. The number of nitro benzene ring substituents is 1. The lowest BCUT2D eigenvalue weighted by Gasteiger charge is -2.10. The number of hydrogen-bond acceptors (Lipinski definition) is 7. The maximum Gasteiger partial charge on any atom is 0.293 e. The summed E-state index contributed by atoms with van der Waals surface area (Å²) in [5, 5.41) is 15.4. The van der Waals surface area contributed by atoms with Crippen molar-refractivity contribution in [3.63, 3.8) is 0 Å². The van der Waals surface area contributed by atoms with Gasteiger partial charge in [0.25, 0.3) is 21.6 Å². The van der Waals surface area contributed by atoms with Crippen molar-refractivity contribution in [1.82, 2.24) is 9.71 Å². The normalized spacial score (nSPS) is 11.2. The zero-order chi connectivity index (χ0) is 24.5. The van der Waals surface area contributed by atoms with Gasteiger partial charge in [0.05, 0.1) is 22.0 Å². The molecule has 10 nitrogen and oxygen atoms in total. The summed E-state index contributed by atoms with van der Waals surface area (Å²) in [6.45, 7) is 0. The molecule has 0 aliphatic rings. The molecule has 12 heteroatoms. The zero-order valence-electron chi connectivity index (χ0n) is 17.5.